The average molecular weight is 266 g/mol. The first-order chi connectivity index (χ1) is 8.80. The Morgan fingerprint density at radius 3 is 2.67 bits per heavy atom. The molecule has 1 aromatic carbocycles. The molecule has 0 aliphatic carbocycles. The van der Waals surface area contributed by atoms with Gasteiger partial charge in [0, 0.05) is 18.8 Å². The van der Waals surface area contributed by atoms with Crippen molar-refractivity contribution >= 4 is 17.4 Å². The molecular weight excluding hydrogens is 240 g/mol. The van der Waals surface area contributed by atoms with Gasteiger partial charge in [-0.1, -0.05) is 26.0 Å². The van der Waals surface area contributed by atoms with Crippen LogP contribution in [0.25, 0.3) is 0 Å². The largest absolute Gasteiger partial charge is 0.385 e. The molecule has 0 fully saturated rings. The highest BCUT2D eigenvalue weighted by molar-refractivity contribution is 7.98. The van der Waals surface area contributed by atoms with Gasteiger partial charge in [-0.25, -0.2) is 0 Å². The van der Waals surface area contributed by atoms with Crippen LogP contribution in [-0.4, -0.2) is 36.5 Å². The lowest BCUT2D eigenvalue weighted by molar-refractivity contribution is 0.296. The molecule has 1 N–H and O–H groups in total. The van der Waals surface area contributed by atoms with Crippen LogP contribution < -0.4 is 5.32 Å². The van der Waals surface area contributed by atoms with Crippen molar-refractivity contribution in [2.45, 2.75) is 26.8 Å². The van der Waals surface area contributed by atoms with E-state index in [1.807, 2.05) is 11.8 Å². The van der Waals surface area contributed by atoms with Crippen molar-refractivity contribution in [3.63, 3.8) is 0 Å². The zero-order valence-electron chi connectivity index (χ0n) is 11.9. The van der Waals surface area contributed by atoms with E-state index in [0.717, 1.165) is 26.2 Å². The number of anilines is 1. The Bertz CT molecular complexity index is 324. The summed E-state index contributed by atoms with van der Waals surface area (Å²) in [7, 11) is 0. The molecule has 0 heterocycles. The summed E-state index contributed by atoms with van der Waals surface area (Å²) >= 11 is 1.91. The van der Waals surface area contributed by atoms with Crippen molar-refractivity contribution in [1.29, 1.82) is 0 Å². The third kappa shape index (κ3) is 5.78. The van der Waals surface area contributed by atoms with Crippen LogP contribution in [-0.2, 0) is 6.54 Å². The van der Waals surface area contributed by atoms with Crippen molar-refractivity contribution in [2.24, 2.45) is 0 Å². The van der Waals surface area contributed by atoms with Gasteiger partial charge < -0.3 is 5.32 Å². The van der Waals surface area contributed by atoms with E-state index < -0.39 is 0 Å². The number of thioether (sulfide) groups is 1. The number of hydrogen-bond donors (Lipinski definition) is 1. The van der Waals surface area contributed by atoms with Crippen LogP contribution in [0.15, 0.2) is 24.3 Å². The molecular formula is C15H26N2S. The molecule has 0 spiro atoms. The van der Waals surface area contributed by atoms with E-state index >= 15 is 0 Å². The molecule has 3 heteroatoms. The molecule has 2 nitrogen and oxygen atoms in total. The van der Waals surface area contributed by atoms with Crippen molar-refractivity contribution in [1.82, 2.24) is 4.90 Å². The Labute approximate surface area is 116 Å². The molecule has 0 aliphatic rings. The van der Waals surface area contributed by atoms with Gasteiger partial charge in [0.15, 0.2) is 0 Å². The van der Waals surface area contributed by atoms with Gasteiger partial charge in [-0.15, -0.1) is 0 Å². The fourth-order valence-electron chi connectivity index (χ4n) is 1.93. The van der Waals surface area contributed by atoms with Crippen LogP contribution in [0.1, 0.15) is 25.8 Å². The summed E-state index contributed by atoms with van der Waals surface area (Å²) < 4.78 is 0. The van der Waals surface area contributed by atoms with Gasteiger partial charge in [-0.05, 0) is 49.2 Å². The Hall–Kier alpha value is -0.670. The summed E-state index contributed by atoms with van der Waals surface area (Å²) in [6.45, 7) is 8.77. The van der Waals surface area contributed by atoms with E-state index in [-0.39, 0.29) is 0 Å². The Balaban J connectivity index is 2.45. The molecule has 0 aromatic heterocycles. The number of hydrogen-bond acceptors (Lipinski definition) is 3. The van der Waals surface area contributed by atoms with E-state index in [1.54, 1.807) is 0 Å². The van der Waals surface area contributed by atoms with Crippen LogP contribution >= 0.6 is 11.8 Å². The molecule has 102 valence electrons. The minimum Gasteiger partial charge on any atom is -0.385 e. The van der Waals surface area contributed by atoms with Gasteiger partial charge in [0.1, 0.15) is 0 Å². The fourth-order valence-corrected chi connectivity index (χ4v) is 2.37. The molecule has 18 heavy (non-hydrogen) atoms. The quantitative estimate of drug-likeness (QED) is 0.686. The third-order valence-corrected chi connectivity index (χ3v) is 3.78. The zero-order chi connectivity index (χ0) is 13.2. The van der Waals surface area contributed by atoms with Crippen LogP contribution in [0.4, 0.5) is 5.69 Å². The molecule has 0 amide bonds. The Morgan fingerprint density at radius 2 is 2.00 bits per heavy atom. The fraction of sp³-hybridized carbons (Fsp3) is 0.600. The SMILES string of the molecule is CCN(CC)Cc1cccc(NCCCSC)c1. The predicted molar refractivity (Wildman–Crippen MR) is 84.6 cm³/mol. The molecule has 0 saturated carbocycles. The molecule has 0 saturated heterocycles. The Morgan fingerprint density at radius 1 is 1.22 bits per heavy atom. The van der Waals surface area contributed by atoms with Crippen molar-refractivity contribution in [2.75, 3.05) is 37.0 Å². The maximum Gasteiger partial charge on any atom is 0.0343 e. The average Bonchev–Trinajstić information content (AvgIpc) is 2.41. The maximum absolute atomic E-state index is 3.50. The zero-order valence-corrected chi connectivity index (χ0v) is 12.7. The lowest BCUT2D eigenvalue weighted by Gasteiger charge is -2.18. The second kappa shape index (κ2) is 9.29. The minimum absolute atomic E-state index is 1.05. The molecule has 1 rings (SSSR count). The first-order valence-corrected chi connectivity index (χ1v) is 8.23. The summed E-state index contributed by atoms with van der Waals surface area (Å²) in [6.07, 6.45) is 3.38. The number of nitrogens with zero attached hydrogens (tertiary/aromatic N) is 1. The highest BCUT2D eigenvalue weighted by atomic mass is 32.2. The summed E-state index contributed by atoms with van der Waals surface area (Å²) in [5.41, 5.74) is 2.65. The highest BCUT2D eigenvalue weighted by Crippen LogP contribution is 2.13. The van der Waals surface area contributed by atoms with Crippen molar-refractivity contribution in [3.8, 4) is 0 Å². The van der Waals surface area contributed by atoms with Crippen LogP contribution in [0, 0.1) is 0 Å². The van der Waals surface area contributed by atoms with Gasteiger partial charge in [-0.3, -0.25) is 4.90 Å². The lowest BCUT2D eigenvalue weighted by Crippen LogP contribution is -2.22. The smallest absolute Gasteiger partial charge is 0.0343 e. The number of nitrogens with one attached hydrogen (secondary N) is 1. The second-order valence-corrected chi connectivity index (χ2v) is 5.42. The van der Waals surface area contributed by atoms with E-state index in [0.29, 0.717) is 0 Å². The van der Waals surface area contributed by atoms with Crippen LogP contribution in [0.3, 0.4) is 0 Å². The summed E-state index contributed by atoms with van der Waals surface area (Å²) in [6, 6.07) is 8.80. The summed E-state index contributed by atoms with van der Waals surface area (Å²) in [5.74, 6) is 1.23. The number of rotatable bonds is 9. The Kier molecular flexibility index (Phi) is 7.94. The molecule has 0 radical (unpaired) electrons. The van der Waals surface area contributed by atoms with Crippen molar-refractivity contribution in [3.05, 3.63) is 29.8 Å². The minimum atomic E-state index is 1.05. The standard InChI is InChI=1S/C15H26N2S/c1-4-17(5-2)13-14-8-6-9-15(12-14)16-10-7-11-18-3/h6,8-9,12,16H,4-5,7,10-11,13H2,1-3H3. The van der Waals surface area contributed by atoms with Crippen molar-refractivity contribution < 1.29 is 0 Å². The first kappa shape index (κ1) is 15.4. The topological polar surface area (TPSA) is 15.3 Å². The first-order valence-electron chi connectivity index (χ1n) is 6.84. The molecule has 0 aliphatic heterocycles. The molecule has 1 aromatic rings. The second-order valence-electron chi connectivity index (χ2n) is 4.43. The summed E-state index contributed by atoms with van der Waals surface area (Å²) in [4.78, 5) is 2.44. The normalized spacial score (nSPS) is 10.9. The van der Waals surface area contributed by atoms with E-state index in [2.05, 4.69) is 54.6 Å². The van der Waals surface area contributed by atoms with Gasteiger partial charge in [-0.2, -0.15) is 11.8 Å². The number of benzene rings is 1. The monoisotopic (exact) mass is 266 g/mol. The maximum atomic E-state index is 3.50. The van der Waals surface area contributed by atoms with Gasteiger partial charge in [0.25, 0.3) is 0 Å². The lowest BCUT2D eigenvalue weighted by atomic mass is 10.2. The highest BCUT2D eigenvalue weighted by Gasteiger charge is 2.01. The van der Waals surface area contributed by atoms with Gasteiger partial charge in [0.2, 0.25) is 0 Å². The van der Waals surface area contributed by atoms with E-state index in [1.165, 1.54) is 23.4 Å². The van der Waals surface area contributed by atoms with Crippen LogP contribution in [0.2, 0.25) is 0 Å². The van der Waals surface area contributed by atoms with E-state index in [9.17, 15) is 0 Å². The molecule has 0 unspecified atom stereocenters. The predicted octanol–water partition coefficient (Wildman–Crippen LogP) is 3.69. The summed E-state index contributed by atoms with van der Waals surface area (Å²) in [5, 5.41) is 3.50. The van der Waals surface area contributed by atoms with Gasteiger partial charge >= 0.3 is 0 Å². The molecule has 0 bridgehead atoms. The van der Waals surface area contributed by atoms with Gasteiger partial charge in [0.05, 0.1) is 0 Å². The third-order valence-electron chi connectivity index (χ3n) is 3.08. The van der Waals surface area contributed by atoms with E-state index in [4.69, 9.17) is 0 Å². The molecule has 0 atom stereocenters. The van der Waals surface area contributed by atoms with Crippen LogP contribution in [0.5, 0.6) is 0 Å².